The second kappa shape index (κ2) is 10.1. The zero-order chi connectivity index (χ0) is 22.4. The number of nitrogens with zero attached hydrogens (tertiary/aromatic N) is 2. The van der Waals surface area contributed by atoms with Crippen molar-refractivity contribution in [2.75, 3.05) is 26.8 Å². The van der Waals surface area contributed by atoms with Crippen LogP contribution < -0.4 is 0 Å². The molecule has 1 aromatic heterocycles. The van der Waals surface area contributed by atoms with Gasteiger partial charge >= 0.3 is 11.9 Å². The van der Waals surface area contributed by atoms with Crippen molar-refractivity contribution in [3.8, 4) is 11.3 Å². The Morgan fingerprint density at radius 1 is 1.23 bits per heavy atom. The number of halogens is 2. The number of ether oxygens (including phenoxy) is 2. The van der Waals surface area contributed by atoms with Gasteiger partial charge in [0.1, 0.15) is 11.6 Å². The summed E-state index contributed by atoms with van der Waals surface area (Å²) < 4.78 is 41.9. The number of aryl methyl sites for hydroxylation is 1. The molecule has 0 bridgehead atoms. The van der Waals surface area contributed by atoms with E-state index in [4.69, 9.17) is 13.9 Å². The lowest BCUT2D eigenvalue weighted by Crippen LogP contribution is -2.42. The molecule has 0 N–H and O–H groups in total. The number of aromatic nitrogens is 1. The zero-order valence-corrected chi connectivity index (χ0v) is 16.9. The van der Waals surface area contributed by atoms with Crippen molar-refractivity contribution < 1.29 is 37.1 Å². The van der Waals surface area contributed by atoms with Crippen molar-refractivity contribution >= 4 is 17.8 Å². The Hall–Kier alpha value is -3.30. The lowest BCUT2D eigenvalue weighted by Gasteiger charge is -2.30. The van der Waals surface area contributed by atoms with E-state index in [1.807, 2.05) is 0 Å². The number of piperidine rings is 1. The minimum absolute atomic E-state index is 0.0595. The van der Waals surface area contributed by atoms with Gasteiger partial charge in [0.15, 0.2) is 18.3 Å². The van der Waals surface area contributed by atoms with E-state index < -0.39 is 17.6 Å². The average Bonchev–Trinajstić information content (AvgIpc) is 3.24. The van der Waals surface area contributed by atoms with Crippen LogP contribution in [-0.2, 0) is 30.3 Å². The Bertz CT molecular complexity index is 953. The molecular formula is C21H22F2N2O6. The van der Waals surface area contributed by atoms with Crippen LogP contribution in [-0.4, -0.2) is 54.5 Å². The number of hydrogen-bond acceptors (Lipinski definition) is 7. The Kier molecular flexibility index (Phi) is 7.32. The van der Waals surface area contributed by atoms with Crippen LogP contribution in [0.1, 0.15) is 25.2 Å². The predicted octanol–water partition coefficient (Wildman–Crippen LogP) is 2.51. The third-order valence-corrected chi connectivity index (χ3v) is 5.03. The van der Waals surface area contributed by atoms with Crippen molar-refractivity contribution in [1.29, 1.82) is 0 Å². The Morgan fingerprint density at radius 3 is 2.65 bits per heavy atom. The van der Waals surface area contributed by atoms with E-state index in [0.29, 0.717) is 25.9 Å². The van der Waals surface area contributed by atoms with E-state index in [1.54, 1.807) is 4.90 Å². The summed E-state index contributed by atoms with van der Waals surface area (Å²) >= 11 is 0. The Morgan fingerprint density at radius 2 is 1.97 bits per heavy atom. The smallest absolute Gasteiger partial charge is 0.308 e. The fraction of sp³-hybridized carbons (Fsp3) is 0.429. The van der Waals surface area contributed by atoms with Crippen molar-refractivity contribution in [3.05, 3.63) is 41.9 Å². The SMILES string of the molecule is COC(=O)C1CCN(C(=O)COC(=O)CCc2ncc(-c3ccc(F)cc3F)o2)CC1. The maximum atomic E-state index is 13.8. The molecule has 1 fully saturated rings. The number of likely N-dealkylation sites (tertiary alicyclic amines) is 1. The highest BCUT2D eigenvalue weighted by atomic mass is 19.1. The molecule has 10 heteroatoms. The number of hydrogen-bond donors (Lipinski definition) is 0. The summed E-state index contributed by atoms with van der Waals surface area (Å²) in [5, 5.41) is 0. The largest absolute Gasteiger partial charge is 0.469 e. The van der Waals surface area contributed by atoms with E-state index in [9.17, 15) is 23.2 Å². The van der Waals surface area contributed by atoms with Crippen LogP contribution in [0, 0.1) is 17.6 Å². The van der Waals surface area contributed by atoms with Gasteiger partial charge in [-0.3, -0.25) is 14.4 Å². The van der Waals surface area contributed by atoms with E-state index in [1.165, 1.54) is 19.4 Å². The van der Waals surface area contributed by atoms with Gasteiger partial charge in [-0.2, -0.15) is 0 Å². The van der Waals surface area contributed by atoms with Crippen LogP contribution >= 0.6 is 0 Å². The molecular weight excluding hydrogens is 414 g/mol. The molecule has 1 aliphatic rings. The van der Waals surface area contributed by atoms with Crippen LogP contribution in [0.4, 0.5) is 8.78 Å². The van der Waals surface area contributed by atoms with E-state index >= 15 is 0 Å². The van der Waals surface area contributed by atoms with Crippen molar-refractivity contribution in [3.63, 3.8) is 0 Å². The Balaban J connectivity index is 1.41. The first-order valence-corrected chi connectivity index (χ1v) is 9.78. The van der Waals surface area contributed by atoms with Crippen molar-refractivity contribution in [2.24, 2.45) is 5.92 Å². The molecule has 0 unspecified atom stereocenters. The van der Waals surface area contributed by atoms with Gasteiger partial charge in [-0.05, 0) is 25.0 Å². The number of oxazole rings is 1. The van der Waals surface area contributed by atoms with E-state index in [2.05, 4.69) is 4.98 Å². The van der Waals surface area contributed by atoms with Crippen molar-refractivity contribution in [2.45, 2.75) is 25.7 Å². The number of rotatable bonds is 7. The van der Waals surface area contributed by atoms with Gasteiger partial charge in [0.25, 0.3) is 5.91 Å². The molecule has 8 nitrogen and oxygen atoms in total. The summed E-state index contributed by atoms with van der Waals surface area (Å²) in [5.74, 6) is -2.62. The first-order chi connectivity index (χ1) is 14.9. The van der Waals surface area contributed by atoms with Crippen LogP contribution in [0.5, 0.6) is 0 Å². The van der Waals surface area contributed by atoms with Gasteiger partial charge in [-0.25, -0.2) is 13.8 Å². The molecule has 1 aromatic carbocycles. The van der Waals surface area contributed by atoms with Crippen LogP contribution in [0.15, 0.2) is 28.8 Å². The van der Waals surface area contributed by atoms with Crippen LogP contribution in [0.3, 0.4) is 0 Å². The quantitative estimate of drug-likeness (QED) is 0.615. The highest BCUT2D eigenvalue weighted by Crippen LogP contribution is 2.24. The number of benzene rings is 1. The van der Waals surface area contributed by atoms with E-state index in [0.717, 1.165) is 12.1 Å². The number of esters is 2. The zero-order valence-electron chi connectivity index (χ0n) is 16.9. The standard InChI is InChI=1S/C21H22F2N2O6/c1-29-21(28)13-6-8-25(9-7-13)19(26)12-30-20(27)5-4-18-24-11-17(31-18)15-3-2-14(22)10-16(15)23/h2-3,10-11,13H,4-9,12H2,1H3. The molecule has 2 aromatic rings. The molecule has 2 heterocycles. The van der Waals surface area contributed by atoms with Gasteiger partial charge in [-0.1, -0.05) is 0 Å². The molecule has 1 aliphatic heterocycles. The third kappa shape index (κ3) is 5.87. The van der Waals surface area contributed by atoms with Gasteiger partial charge in [-0.15, -0.1) is 0 Å². The first kappa shape index (κ1) is 22.4. The molecule has 0 atom stereocenters. The molecule has 1 amide bonds. The second-order valence-corrected chi connectivity index (χ2v) is 7.08. The van der Waals surface area contributed by atoms with Gasteiger partial charge in [0.05, 0.1) is 31.2 Å². The lowest BCUT2D eigenvalue weighted by molar-refractivity contribution is -0.154. The normalized spacial score (nSPS) is 14.4. The minimum atomic E-state index is -0.781. The Labute approximate surface area is 177 Å². The summed E-state index contributed by atoms with van der Waals surface area (Å²) in [5.41, 5.74) is 0.0595. The third-order valence-electron chi connectivity index (χ3n) is 5.03. The van der Waals surface area contributed by atoms with Gasteiger partial charge in [0.2, 0.25) is 0 Å². The highest BCUT2D eigenvalue weighted by Gasteiger charge is 2.28. The van der Waals surface area contributed by atoms with Crippen LogP contribution in [0.2, 0.25) is 0 Å². The average molecular weight is 436 g/mol. The van der Waals surface area contributed by atoms with E-state index in [-0.39, 0.29) is 54.5 Å². The number of amides is 1. The second-order valence-electron chi connectivity index (χ2n) is 7.08. The summed E-state index contributed by atoms with van der Waals surface area (Å²) in [7, 11) is 1.33. The van der Waals surface area contributed by atoms with Crippen LogP contribution in [0.25, 0.3) is 11.3 Å². The number of carbonyl (C=O) groups is 3. The number of carbonyl (C=O) groups excluding carboxylic acids is 3. The topological polar surface area (TPSA) is 98.9 Å². The molecule has 31 heavy (non-hydrogen) atoms. The minimum Gasteiger partial charge on any atom is -0.469 e. The fourth-order valence-corrected chi connectivity index (χ4v) is 3.29. The maximum absolute atomic E-state index is 13.8. The monoisotopic (exact) mass is 436 g/mol. The summed E-state index contributed by atoms with van der Waals surface area (Å²) in [6, 6.07) is 3.08. The molecule has 0 spiro atoms. The fourth-order valence-electron chi connectivity index (χ4n) is 3.29. The summed E-state index contributed by atoms with van der Waals surface area (Å²) in [6.07, 6.45) is 2.32. The molecule has 1 saturated heterocycles. The highest BCUT2D eigenvalue weighted by molar-refractivity contribution is 5.81. The lowest BCUT2D eigenvalue weighted by atomic mass is 9.97. The molecule has 0 saturated carbocycles. The predicted molar refractivity (Wildman–Crippen MR) is 102 cm³/mol. The first-order valence-electron chi connectivity index (χ1n) is 9.78. The molecule has 0 aliphatic carbocycles. The van der Waals surface area contributed by atoms with Gasteiger partial charge < -0.3 is 18.8 Å². The van der Waals surface area contributed by atoms with Crippen molar-refractivity contribution in [1.82, 2.24) is 9.88 Å². The molecule has 3 rings (SSSR count). The van der Waals surface area contributed by atoms with Gasteiger partial charge in [0, 0.05) is 25.6 Å². The summed E-state index contributed by atoms with van der Waals surface area (Å²) in [4.78, 5) is 41.1. The molecule has 166 valence electrons. The maximum Gasteiger partial charge on any atom is 0.308 e. The summed E-state index contributed by atoms with van der Waals surface area (Å²) in [6.45, 7) is 0.406. The number of methoxy groups -OCH3 is 1. The molecule has 0 radical (unpaired) electrons.